The van der Waals surface area contributed by atoms with E-state index in [1.165, 1.54) is 12.8 Å². The van der Waals surface area contributed by atoms with Gasteiger partial charge in [-0.25, -0.2) is 0 Å². The first-order valence-electron chi connectivity index (χ1n) is 7.06. The van der Waals surface area contributed by atoms with Crippen molar-refractivity contribution >= 4 is 0 Å². The van der Waals surface area contributed by atoms with Crippen LogP contribution in [0.4, 0.5) is 0 Å². The van der Waals surface area contributed by atoms with Gasteiger partial charge in [0.05, 0.1) is 12.7 Å². The monoisotopic (exact) mass is 251 g/mol. The summed E-state index contributed by atoms with van der Waals surface area (Å²) in [4.78, 5) is 2.53. The van der Waals surface area contributed by atoms with E-state index < -0.39 is 0 Å². The van der Waals surface area contributed by atoms with Gasteiger partial charge >= 0.3 is 0 Å². The largest absolute Gasteiger partial charge is 0.360 e. The molecule has 2 unspecified atom stereocenters. The zero-order valence-corrected chi connectivity index (χ0v) is 11.7. The van der Waals surface area contributed by atoms with Crippen LogP contribution in [0.5, 0.6) is 0 Å². The van der Waals surface area contributed by atoms with Crippen molar-refractivity contribution in [3.05, 3.63) is 18.0 Å². The number of hydrogen-bond acceptors (Lipinski definition) is 4. The Bertz CT molecular complexity index is 337. The smallest absolute Gasteiger partial charge is 0.150 e. The molecule has 18 heavy (non-hydrogen) atoms. The van der Waals surface area contributed by atoms with Crippen LogP contribution >= 0.6 is 0 Å². The van der Waals surface area contributed by atoms with Crippen LogP contribution in [0.25, 0.3) is 0 Å². The molecule has 2 heterocycles. The first-order valence-corrected chi connectivity index (χ1v) is 7.06. The van der Waals surface area contributed by atoms with Crippen molar-refractivity contribution in [3.8, 4) is 0 Å². The number of nitrogens with one attached hydrogen (secondary N) is 1. The minimum Gasteiger partial charge on any atom is -0.360 e. The summed E-state index contributed by atoms with van der Waals surface area (Å²) in [6.45, 7) is 9.90. The van der Waals surface area contributed by atoms with E-state index in [4.69, 9.17) is 4.52 Å². The third kappa shape index (κ3) is 3.56. The predicted molar refractivity (Wildman–Crippen MR) is 72.2 cm³/mol. The van der Waals surface area contributed by atoms with Crippen LogP contribution in [0, 0.1) is 5.92 Å². The molecule has 0 aromatic carbocycles. The standard InChI is InChI=1S/C14H25N3O/c1-4-13-8-15-12(7-11(2)3)9-17(13)10-14-5-6-16-18-14/h5-6,11-13,15H,4,7-10H2,1-3H3. The molecule has 1 aliphatic heterocycles. The Kier molecular flexibility index (Phi) is 4.78. The van der Waals surface area contributed by atoms with E-state index in [9.17, 15) is 0 Å². The average Bonchev–Trinajstić information content (AvgIpc) is 2.81. The molecule has 102 valence electrons. The molecule has 0 amide bonds. The summed E-state index contributed by atoms with van der Waals surface area (Å²) in [6.07, 6.45) is 4.14. The van der Waals surface area contributed by atoms with Crippen molar-refractivity contribution < 1.29 is 4.52 Å². The topological polar surface area (TPSA) is 41.3 Å². The van der Waals surface area contributed by atoms with Crippen LogP contribution in [0.2, 0.25) is 0 Å². The fourth-order valence-electron chi connectivity index (χ4n) is 2.78. The lowest BCUT2D eigenvalue weighted by Crippen LogP contribution is -2.56. The van der Waals surface area contributed by atoms with E-state index in [0.717, 1.165) is 31.3 Å². The lowest BCUT2D eigenvalue weighted by Gasteiger charge is -2.40. The SMILES string of the molecule is CCC1CNC(CC(C)C)CN1Cc1ccno1. The van der Waals surface area contributed by atoms with Gasteiger partial charge in [-0.15, -0.1) is 0 Å². The summed E-state index contributed by atoms with van der Waals surface area (Å²) < 4.78 is 5.23. The molecule has 1 aromatic heterocycles. The first-order chi connectivity index (χ1) is 8.69. The maximum absolute atomic E-state index is 5.23. The highest BCUT2D eigenvalue weighted by molar-refractivity contribution is 4.96. The number of piperazine rings is 1. The lowest BCUT2D eigenvalue weighted by molar-refractivity contribution is 0.101. The quantitative estimate of drug-likeness (QED) is 0.871. The first kappa shape index (κ1) is 13.6. The normalized spacial score (nSPS) is 25.8. The predicted octanol–water partition coefficient (Wildman–Crippen LogP) is 2.27. The van der Waals surface area contributed by atoms with Crippen molar-refractivity contribution in [3.63, 3.8) is 0 Å². The van der Waals surface area contributed by atoms with Crippen molar-refractivity contribution in [2.75, 3.05) is 13.1 Å². The van der Waals surface area contributed by atoms with Crippen LogP contribution in [0.1, 0.15) is 39.4 Å². The summed E-state index contributed by atoms with van der Waals surface area (Å²) in [7, 11) is 0. The molecule has 0 spiro atoms. The number of nitrogens with zero attached hydrogens (tertiary/aromatic N) is 2. The van der Waals surface area contributed by atoms with E-state index >= 15 is 0 Å². The Hall–Kier alpha value is -0.870. The third-order valence-corrected chi connectivity index (χ3v) is 3.69. The Morgan fingerprint density at radius 2 is 2.39 bits per heavy atom. The molecule has 4 heteroatoms. The van der Waals surface area contributed by atoms with Crippen LogP contribution < -0.4 is 5.32 Å². The number of hydrogen-bond donors (Lipinski definition) is 1. The summed E-state index contributed by atoms with van der Waals surface area (Å²) >= 11 is 0. The van der Waals surface area contributed by atoms with Crippen molar-refractivity contribution in [2.24, 2.45) is 5.92 Å². The molecular formula is C14H25N3O. The van der Waals surface area contributed by atoms with Gasteiger partial charge in [0.25, 0.3) is 0 Å². The summed E-state index contributed by atoms with van der Waals surface area (Å²) in [5.41, 5.74) is 0. The van der Waals surface area contributed by atoms with Crippen LogP contribution in [-0.2, 0) is 6.54 Å². The molecule has 4 nitrogen and oxygen atoms in total. The van der Waals surface area contributed by atoms with E-state index in [-0.39, 0.29) is 0 Å². The van der Waals surface area contributed by atoms with Crippen molar-refractivity contribution in [2.45, 2.75) is 52.2 Å². The van der Waals surface area contributed by atoms with E-state index in [1.54, 1.807) is 6.20 Å². The summed E-state index contributed by atoms with van der Waals surface area (Å²) in [5, 5.41) is 7.46. The zero-order valence-electron chi connectivity index (χ0n) is 11.7. The maximum atomic E-state index is 5.23. The molecule has 1 aromatic rings. The average molecular weight is 251 g/mol. The second-order valence-electron chi connectivity index (χ2n) is 5.70. The summed E-state index contributed by atoms with van der Waals surface area (Å²) in [5.74, 6) is 1.71. The molecule has 0 saturated carbocycles. The molecule has 0 bridgehead atoms. The van der Waals surface area contributed by atoms with E-state index in [1.807, 2.05) is 6.07 Å². The maximum Gasteiger partial charge on any atom is 0.150 e. The van der Waals surface area contributed by atoms with Crippen LogP contribution in [-0.4, -0.2) is 35.2 Å². The Morgan fingerprint density at radius 1 is 1.56 bits per heavy atom. The Labute approximate surface area is 110 Å². The second-order valence-corrected chi connectivity index (χ2v) is 5.70. The molecule has 0 radical (unpaired) electrons. The number of rotatable bonds is 5. The van der Waals surface area contributed by atoms with Gasteiger partial charge in [0.2, 0.25) is 0 Å². The van der Waals surface area contributed by atoms with Crippen LogP contribution in [0.15, 0.2) is 16.8 Å². The minimum atomic E-state index is 0.607. The van der Waals surface area contributed by atoms with E-state index in [0.29, 0.717) is 12.1 Å². The fraction of sp³-hybridized carbons (Fsp3) is 0.786. The minimum absolute atomic E-state index is 0.607. The zero-order chi connectivity index (χ0) is 13.0. The van der Waals surface area contributed by atoms with Crippen molar-refractivity contribution in [1.29, 1.82) is 0 Å². The molecular weight excluding hydrogens is 226 g/mol. The Balaban J connectivity index is 1.94. The molecule has 2 rings (SSSR count). The van der Waals surface area contributed by atoms with Gasteiger partial charge in [0.1, 0.15) is 0 Å². The highest BCUT2D eigenvalue weighted by atomic mass is 16.5. The van der Waals surface area contributed by atoms with Gasteiger partial charge in [-0.2, -0.15) is 0 Å². The highest BCUT2D eigenvalue weighted by Gasteiger charge is 2.27. The number of aromatic nitrogens is 1. The van der Waals surface area contributed by atoms with Gasteiger partial charge in [0, 0.05) is 31.2 Å². The molecule has 1 N–H and O–H groups in total. The van der Waals surface area contributed by atoms with Crippen LogP contribution in [0.3, 0.4) is 0 Å². The molecule has 1 saturated heterocycles. The summed E-state index contributed by atoms with van der Waals surface area (Å²) in [6, 6.07) is 3.18. The van der Waals surface area contributed by atoms with Gasteiger partial charge in [-0.3, -0.25) is 4.90 Å². The van der Waals surface area contributed by atoms with Gasteiger partial charge in [0.15, 0.2) is 5.76 Å². The van der Waals surface area contributed by atoms with E-state index in [2.05, 4.69) is 36.1 Å². The van der Waals surface area contributed by atoms with Gasteiger partial charge in [-0.1, -0.05) is 25.9 Å². The molecule has 2 atom stereocenters. The molecule has 1 fully saturated rings. The lowest BCUT2D eigenvalue weighted by atomic mass is 9.99. The Morgan fingerprint density at radius 3 is 3.00 bits per heavy atom. The van der Waals surface area contributed by atoms with Gasteiger partial charge in [-0.05, 0) is 18.8 Å². The molecule has 0 aliphatic carbocycles. The third-order valence-electron chi connectivity index (χ3n) is 3.69. The second kappa shape index (κ2) is 6.34. The highest BCUT2D eigenvalue weighted by Crippen LogP contribution is 2.17. The molecule has 1 aliphatic rings. The fourth-order valence-corrected chi connectivity index (χ4v) is 2.78. The van der Waals surface area contributed by atoms with Gasteiger partial charge < -0.3 is 9.84 Å². The van der Waals surface area contributed by atoms with Crippen molar-refractivity contribution in [1.82, 2.24) is 15.4 Å².